The molecule has 0 aliphatic carbocycles. The summed E-state index contributed by atoms with van der Waals surface area (Å²) in [6.45, 7) is 11.6. The first kappa shape index (κ1) is 24.6. The van der Waals surface area contributed by atoms with Gasteiger partial charge in [-0.05, 0) is 42.9 Å². The number of nitrogens with zero attached hydrogens (tertiary/aromatic N) is 4. The zero-order valence-corrected chi connectivity index (χ0v) is 21.4. The van der Waals surface area contributed by atoms with Gasteiger partial charge in [-0.3, -0.25) is 0 Å². The van der Waals surface area contributed by atoms with Crippen molar-refractivity contribution in [2.75, 3.05) is 50.7 Å². The maximum absolute atomic E-state index is 12.7. The highest BCUT2D eigenvalue weighted by atomic mass is 32.2. The molecule has 3 aromatic rings. The summed E-state index contributed by atoms with van der Waals surface area (Å²) < 4.78 is 33.2. The molecule has 1 aliphatic rings. The second-order valence-electron chi connectivity index (χ2n) is 8.05. The number of fused-ring (bicyclic) bond motifs is 1. The molecule has 0 spiro atoms. The lowest BCUT2D eigenvalue weighted by molar-refractivity contribution is 0.0735. The number of sulfonamides is 1. The Kier molecular flexibility index (Phi) is 7.51. The highest BCUT2D eigenvalue weighted by molar-refractivity contribution is 7.89. The number of ether oxygens (including phenoxy) is 1. The van der Waals surface area contributed by atoms with Crippen molar-refractivity contribution in [1.82, 2.24) is 14.2 Å². The lowest BCUT2D eigenvalue weighted by Crippen LogP contribution is -2.46. The van der Waals surface area contributed by atoms with Gasteiger partial charge in [0.25, 0.3) is 0 Å². The topological polar surface area (TPSA) is 83.0 Å². The first-order valence-electron chi connectivity index (χ1n) is 11.6. The van der Waals surface area contributed by atoms with Crippen molar-refractivity contribution in [3.8, 4) is 5.75 Å². The van der Waals surface area contributed by atoms with Crippen molar-refractivity contribution in [3.05, 3.63) is 48.0 Å². The second kappa shape index (κ2) is 10.4. The highest BCUT2D eigenvalue weighted by Gasteiger charge is 2.22. The highest BCUT2D eigenvalue weighted by Crippen LogP contribution is 2.32. The molecule has 1 saturated heterocycles. The zero-order chi connectivity index (χ0) is 24.3. The first-order chi connectivity index (χ1) is 16.3. The molecule has 0 bridgehead atoms. The fourth-order valence-corrected chi connectivity index (χ4v) is 6.49. The Balaban J connectivity index is 1.45. The summed E-state index contributed by atoms with van der Waals surface area (Å²) in [7, 11) is -3.57. The summed E-state index contributed by atoms with van der Waals surface area (Å²) >= 11 is 1.59. The second-order valence-corrected chi connectivity index (χ2v) is 11.0. The number of likely N-dealkylation sites (N-methyl/N-ethyl adjacent to an activating group) is 1. The summed E-state index contributed by atoms with van der Waals surface area (Å²) in [6.07, 6.45) is 0. The SMILES string of the molecule is CCN1CCN(c2nc3ccc(OC(=O)c4ccc(S(=O)(=O)N(CC)CC)cc4)cc3s2)CC1. The Morgan fingerprint density at radius 3 is 2.32 bits per heavy atom. The molecule has 182 valence electrons. The van der Waals surface area contributed by atoms with Crippen LogP contribution in [-0.4, -0.2) is 74.4 Å². The van der Waals surface area contributed by atoms with E-state index < -0.39 is 16.0 Å². The average molecular weight is 503 g/mol. The number of esters is 1. The van der Waals surface area contributed by atoms with E-state index in [2.05, 4.69) is 16.7 Å². The van der Waals surface area contributed by atoms with Gasteiger partial charge >= 0.3 is 5.97 Å². The molecule has 0 atom stereocenters. The van der Waals surface area contributed by atoms with Crippen molar-refractivity contribution in [1.29, 1.82) is 0 Å². The third-order valence-corrected chi connectivity index (χ3v) is 9.23. The molecular formula is C24H30N4O4S2. The summed E-state index contributed by atoms with van der Waals surface area (Å²) in [4.78, 5) is 22.3. The molecule has 2 heterocycles. The summed E-state index contributed by atoms with van der Waals surface area (Å²) in [5.41, 5.74) is 1.17. The average Bonchev–Trinajstić information content (AvgIpc) is 3.28. The number of hydrogen-bond donors (Lipinski definition) is 0. The molecule has 4 rings (SSSR count). The van der Waals surface area contributed by atoms with Gasteiger partial charge in [-0.2, -0.15) is 4.31 Å². The maximum atomic E-state index is 12.7. The Labute approximate surface area is 204 Å². The number of aromatic nitrogens is 1. The number of anilines is 1. The molecule has 34 heavy (non-hydrogen) atoms. The lowest BCUT2D eigenvalue weighted by Gasteiger charge is -2.33. The van der Waals surface area contributed by atoms with Crippen LogP contribution in [0.2, 0.25) is 0 Å². The minimum Gasteiger partial charge on any atom is -0.423 e. The van der Waals surface area contributed by atoms with Crippen LogP contribution in [0, 0.1) is 0 Å². The van der Waals surface area contributed by atoms with Crippen LogP contribution < -0.4 is 9.64 Å². The smallest absolute Gasteiger partial charge is 0.343 e. The van der Waals surface area contributed by atoms with E-state index in [4.69, 9.17) is 9.72 Å². The summed E-state index contributed by atoms with van der Waals surface area (Å²) in [5, 5.41) is 0.985. The monoisotopic (exact) mass is 502 g/mol. The number of carbonyl (C=O) groups excluding carboxylic acids is 1. The molecule has 2 aromatic carbocycles. The Morgan fingerprint density at radius 1 is 1.03 bits per heavy atom. The first-order valence-corrected chi connectivity index (χ1v) is 13.8. The number of thiazole rings is 1. The largest absolute Gasteiger partial charge is 0.423 e. The molecule has 0 radical (unpaired) electrons. The number of hydrogen-bond acceptors (Lipinski definition) is 8. The fourth-order valence-electron chi connectivity index (χ4n) is 3.99. The van der Waals surface area contributed by atoms with Crippen molar-refractivity contribution in [3.63, 3.8) is 0 Å². The van der Waals surface area contributed by atoms with Crippen LogP contribution >= 0.6 is 11.3 Å². The van der Waals surface area contributed by atoms with E-state index >= 15 is 0 Å². The normalized spacial score (nSPS) is 15.2. The van der Waals surface area contributed by atoms with Gasteiger partial charge in [0.2, 0.25) is 10.0 Å². The van der Waals surface area contributed by atoms with Crippen LogP contribution in [0.25, 0.3) is 10.2 Å². The molecule has 0 unspecified atom stereocenters. The minimum absolute atomic E-state index is 0.158. The Bertz CT molecular complexity index is 1250. The predicted molar refractivity (Wildman–Crippen MR) is 135 cm³/mol. The van der Waals surface area contributed by atoms with Gasteiger partial charge in [0.1, 0.15) is 5.75 Å². The molecule has 8 nitrogen and oxygen atoms in total. The number of benzene rings is 2. The van der Waals surface area contributed by atoms with Crippen molar-refractivity contribution in [2.45, 2.75) is 25.7 Å². The van der Waals surface area contributed by atoms with E-state index in [-0.39, 0.29) is 10.5 Å². The van der Waals surface area contributed by atoms with E-state index in [1.165, 1.54) is 28.6 Å². The lowest BCUT2D eigenvalue weighted by atomic mass is 10.2. The quantitative estimate of drug-likeness (QED) is 0.343. The van der Waals surface area contributed by atoms with Gasteiger partial charge in [0.05, 0.1) is 20.7 Å². The van der Waals surface area contributed by atoms with Crippen LogP contribution in [-0.2, 0) is 10.0 Å². The van der Waals surface area contributed by atoms with E-state index in [9.17, 15) is 13.2 Å². The van der Waals surface area contributed by atoms with Gasteiger partial charge in [-0.1, -0.05) is 32.1 Å². The molecule has 0 amide bonds. The number of piperazine rings is 1. The molecule has 1 aromatic heterocycles. The Morgan fingerprint density at radius 2 is 1.71 bits per heavy atom. The number of rotatable bonds is 8. The van der Waals surface area contributed by atoms with Crippen LogP contribution in [0.4, 0.5) is 5.13 Å². The van der Waals surface area contributed by atoms with E-state index in [0.29, 0.717) is 18.8 Å². The molecular weight excluding hydrogens is 472 g/mol. The molecule has 1 aliphatic heterocycles. The van der Waals surface area contributed by atoms with Crippen LogP contribution in [0.1, 0.15) is 31.1 Å². The van der Waals surface area contributed by atoms with Crippen molar-refractivity contribution >= 4 is 42.7 Å². The van der Waals surface area contributed by atoms with Gasteiger partial charge in [-0.25, -0.2) is 18.2 Å². The third kappa shape index (κ3) is 5.10. The van der Waals surface area contributed by atoms with Gasteiger partial charge in [0, 0.05) is 45.3 Å². The van der Waals surface area contributed by atoms with Crippen molar-refractivity contribution in [2.24, 2.45) is 0 Å². The van der Waals surface area contributed by atoms with Crippen molar-refractivity contribution < 1.29 is 17.9 Å². The standard InChI is InChI=1S/C24H30N4O4S2/c1-4-26-13-15-27(16-14-26)24-25-21-12-9-19(17-22(21)33-24)32-23(29)18-7-10-20(11-8-18)34(30,31)28(5-2)6-3/h7-12,17H,4-6,13-16H2,1-3H3. The Hall–Kier alpha value is -2.53. The molecule has 0 saturated carbocycles. The van der Waals surface area contributed by atoms with Crippen LogP contribution in [0.15, 0.2) is 47.4 Å². The van der Waals surface area contributed by atoms with Crippen LogP contribution in [0.3, 0.4) is 0 Å². The van der Waals surface area contributed by atoms with E-state index in [0.717, 1.165) is 48.1 Å². The molecule has 10 heteroatoms. The maximum Gasteiger partial charge on any atom is 0.343 e. The van der Waals surface area contributed by atoms with E-state index in [1.54, 1.807) is 31.3 Å². The predicted octanol–water partition coefficient (Wildman–Crippen LogP) is 3.69. The summed E-state index contributed by atoms with van der Waals surface area (Å²) in [5.74, 6) is -0.102. The minimum atomic E-state index is -3.57. The zero-order valence-electron chi connectivity index (χ0n) is 19.7. The van der Waals surface area contributed by atoms with Gasteiger partial charge in [-0.15, -0.1) is 0 Å². The molecule has 0 N–H and O–H groups in total. The third-order valence-electron chi connectivity index (χ3n) is 6.08. The number of carbonyl (C=O) groups is 1. The van der Waals surface area contributed by atoms with Gasteiger partial charge < -0.3 is 14.5 Å². The van der Waals surface area contributed by atoms with Crippen LogP contribution in [0.5, 0.6) is 5.75 Å². The summed E-state index contributed by atoms with van der Waals surface area (Å²) in [6, 6.07) is 11.3. The van der Waals surface area contributed by atoms with E-state index in [1.807, 2.05) is 12.1 Å². The molecule has 1 fully saturated rings. The fraction of sp³-hybridized carbons (Fsp3) is 0.417. The van der Waals surface area contributed by atoms with Gasteiger partial charge in [0.15, 0.2) is 5.13 Å².